The molecule has 2 N–H and O–H groups in total. The van der Waals surface area contributed by atoms with Crippen molar-refractivity contribution in [3.63, 3.8) is 0 Å². The van der Waals surface area contributed by atoms with Crippen molar-refractivity contribution >= 4 is 29.4 Å². The highest BCUT2D eigenvalue weighted by atomic mass is 35.5. The van der Waals surface area contributed by atoms with Gasteiger partial charge in [0.25, 0.3) is 5.91 Å². The number of halogens is 1. The molecule has 134 valence electrons. The Morgan fingerprint density at radius 3 is 2.77 bits per heavy atom. The normalized spacial score (nSPS) is 10.2. The van der Waals surface area contributed by atoms with Crippen LogP contribution in [0.15, 0.2) is 47.6 Å². The van der Waals surface area contributed by atoms with Crippen molar-refractivity contribution in [2.45, 2.75) is 0 Å². The first-order valence-corrected chi connectivity index (χ1v) is 8.06. The fourth-order valence-electron chi connectivity index (χ4n) is 1.97. The van der Waals surface area contributed by atoms with Gasteiger partial charge in [-0.3, -0.25) is 4.79 Å². The zero-order chi connectivity index (χ0) is 18.8. The molecular weight excluding hydrogens is 354 g/mol. The molecule has 1 amide bonds. The monoisotopic (exact) mass is 371 g/mol. The number of carbonyl (C=O) groups is 1. The van der Waals surface area contributed by atoms with Crippen LogP contribution in [0.4, 0.5) is 5.69 Å². The van der Waals surface area contributed by atoms with E-state index >= 15 is 0 Å². The van der Waals surface area contributed by atoms with Gasteiger partial charge in [0, 0.05) is 16.3 Å². The lowest BCUT2D eigenvalue weighted by Gasteiger charge is -2.08. The van der Waals surface area contributed by atoms with Crippen LogP contribution in [-0.4, -0.2) is 32.4 Å². The van der Waals surface area contributed by atoms with Crippen LogP contribution in [0.1, 0.15) is 5.56 Å². The summed E-state index contributed by atoms with van der Waals surface area (Å²) in [4.78, 5) is 11.9. The third-order valence-electron chi connectivity index (χ3n) is 3.22. The number of amides is 1. The Bertz CT molecular complexity index is 814. The summed E-state index contributed by atoms with van der Waals surface area (Å²) in [5.74, 6) is 3.27. The molecule has 2 aromatic carbocycles. The van der Waals surface area contributed by atoms with Crippen molar-refractivity contribution in [2.24, 2.45) is 5.10 Å². The first kappa shape index (κ1) is 19.2. The highest BCUT2D eigenvalue weighted by molar-refractivity contribution is 6.30. The average Bonchev–Trinajstić information content (AvgIpc) is 2.66. The van der Waals surface area contributed by atoms with E-state index in [1.165, 1.54) is 6.21 Å². The predicted molar refractivity (Wildman–Crippen MR) is 103 cm³/mol. The molecular formula is C19H18ClN3O3. The van der Waals surface area contributed by atoms with Gasteiger partial charge in [-0.2, -0.15) is 5.10 Å². The van der Waals surface area contributed by atoms with Crippen LogP contribution in [0.2, 0.25) is 5.02 Å². The van der Waals surface area contributed by atoms with Gasteiger partial charge in [0.15, 0.2) is 0 Å². The van der Waals surface area contributed by atoms with Gasteiger partial charge in [0.1, 0.15) is 18.1 Å². The van der Waals surface area contributed by atoms with Gasteiger partial charge in [-0.1, -0.05) is 17.5 Å². The van der Waals surface area contributed by atoms with E-state index in [2.05, 4.69) is 21.8 Å². The molecule has 0 saturated heterocycles. The topological polar surface area (TPSA) is 72.0 Å². The van der Waals surface area contributed by atoms with E-state index in [1.54, 1.807) is 49.6 Å². The van der Waals surface area contributed by atoms with Crippen molar-refractivity contribution in [3.05, 3.63) is 53.1 Å². The Balaban J connectivity index is 1.92. The number of nitrogens with zero attached hydrogens (tertiary/aromatic N) is 1. The van der Waals surface area contributed by atoms with E-state index in [4.69, 9.17) is 27.5 Å². The highest BCUT2D eigenvalue weighted by Gasteiger charge is 2.04. The van der Waals surface area contributed by atoms with Gasteiger partial charge in [-0.25, -0.2) is 5.43 Å². The Morgan fingerprint density at radius 2 is 2.08 bits per heavy atom. The number of anilines is 1. The van der Waals surface area contributed by atoms with Crippen LogP contribution in [0.25, 0.3) is 0 Å². The number of hydrogen-bond acceptors (Lipinski definition) is 5. The van der Waals surface area contributed by atoms with Gasteiger partial charge in [-0.05, 0) is 42.5 Å². The van der Waals surface area contributed by atoms with Crippen LogP contribution < -0.4 is 20.2 Å². The first-order valence-electron chi connectivity index (χ1n) is 7.68. The highest BCUT2D eigenvalue weighted by Crippen LogP contribution is 2.22. The molecule has 0 radical (unpaired) electrons. The van der Waals surface area contributed by atoms with E-state index in [-0.39, 0.29) is 19.1 Å². The van der Waals surface area contributed by atoms with Gasteiger partial charge in [0.05, 0.1) is 19.9 Å². The second-order valence-electron chi connectivity index (χ2n) is 5.05. The molecule has 0 heterocycles. The maximum Gasteiger partial charge on any atom is 0.259 e. The zero-order valence-corrected chi connectivity index (χ0v) is 14.9. The Hall–Kier alpha value is -3.17. The summed E-state index contributed by atoms with van der Waals surface area (Å²) >= 11 is 5.81. The maximum absolute atomic E-state index is 11.9. The van der Waals surface area contributed by atoms with Gasteiger partial charge >= 0.3 is 0 Å². The number of carbonyl (C=O) groups excluding carboxylic acids is 1. The second kappa shape index (κ2) is 9.97. The number of hydrazone groups is 1. The summed E-state index contributed by atoms with van der Waals surface area (Å²) in [6.45, 7) is 0.197. The molecule has 0 atom stereocenters. The summed E-state index contributed by atoms with van der Waals surface area (Å²) in [6, 6.07) is 12.2. The van der Waals surface area contributed by atoms with Crippen LogP contribution in [-0.2, 0) is 4.79 Å². The third kappa shape index (κ3) is 6.04. The molecule has 0 spiro atoms. The van der Waals surface area contributed by atoms with Crippen molar-refractivity contribution < 1.29 is 14.3 Å². The van der Waals surface area contributed by atoms with Crippen molar-refractivity contribution in [2.75, 3.05) is 25.6 Å². The summed E-state index contributed by atoms with van der Waals surface area (Å²) in [7, 11) is 1.56. The van der Waals surface area contributed by atoms with E-state index in [1.807, 2.05) is 0 Å². The van der Waals surface area contributed by atoms with E-state index < -0.39 is 0 Å². The molecule has 0 aliphatic heterocycles. The van der Waals surface area contributed by atoms with Crippen molar-refractivity contribution in [1.29, 1.82) is 0 Å². The largest absolute Gasteiger partial charge is 0.497 e. The molecule has 2 rings (SSSR count). The molecule has 0 fully saturated rings. The smallest absolute Gasteiger partial charge is 0.259 e. The fraction of sp³-hybridized carbons (Fsp3) is 0.158. The molecule has 6 nitrogen and oxygen atoms in total. The van der Waals surface area contributed by atoms with Crippen LogP contribution >= 0.6 is 11.6 Å². The Kier molecular flexibility index (Phi) is 7.34. The number of hydrogen-bond donors (Lipinski definition) is 2. The lowest BCUT2D eigenvalue weighted by Crippen LogP contribution is -2.25. The van der Waals surface area contributed by atoms with E-state index in [9.17, 15) is 4.79 Å². The molecule has 0 saturated carbocycles. The molecule has 0 aliphatic rings. The Labute approximate surface area is 157 Å². The number of benzene rings is 2. The number of rotatable bonds is 8. The molecule has 2 aromatic rings. The first-order chi connectivity index (χ1) is 12.6. The minimum Gasteiger partial charge on any atom is -0.497 e. The van der Waals surface area contributed by atoms with Gasteiger partial charge in [-0.15, -0.1) is 6.42 Å². The molecule has 0 unspecified atom stereocenters. The molecule has 0 bridgehead atoms. The SMILES string of the molecule is C#CCOc1ccc(OC)cc1/C=N\NC(=O)CNc1ccc(Cl)cc1. The zero-order valence-electron chi connectivity index (χ0n) is 14.2. The van der Waals surface area contributed by atoms with Crippen LogP contribution in [0.5, 0.6) is 11.5 Å². The number of ether oxygens (including phenoxy) is 2. The van der Waals surface area contributed by atoms with Crippen LogP contribution in [0.3, 0.4) is 0 Å². The summed E-state index contributed by atoms with van der Waals surface area (Å²) in [5.41, 5.74) is 3.85. The number of nitrogens with one attached hydrogen (secondary N) is 2. The summed E-state index contributed by atoms with van der Waals surface area (Å²) in [6.07, 6.45) is 6.67. The minimum absolute atomic E-state index is 0.0670. The molecule has 7 heteroatoms. The van der Waals surface area contributed by atoms with Gasteiger partial charge in [0.2, 0.25) is 0 Å². The predicted octanol–water partition coefficient (Wildman–Crippen LogP) is 2.92. The Morgan fingerprint density at radius 1 is 1.31 bits per heavy atom. The van der Waals surface area contributed by atoms with Gasteiger partial charge < -0.3 is 14.8 Å². The van der Waals surface area contributed by atoms with Crippen molar-refractivity contribution in [3.8, 4) is 23.8 Å². The van der Waals surface area contributed by atoms with Crippen molar-refractivity contribution in [1.82, 2.24) is 5.43 Å². The van der Waals surface area contributed by atoms with E-state index in [0.29, 0.717) is 22.1 Å². The average molecular weight is 372 g/mol. The standard InChI is InChI=1S/C19H18ClN3O3/c1-3-10-26-18-9-8-17(25-2)11-14(18)12-22-23-19(24)13-21-16-6-4-15(20)5-7-16/h1,4-9,11-12,21H,10,13H2,2H3,(H,23,24)/b22-12-. The molecule has 0 aliphatic carbocycles. The fourth-order valence-corrected chi connectivity index (χ4v) is 2.09. The summed E-state index contributed by atoms with van der Waals surface area (Å²) < 4.78 is 10.6. The minimum atomic E-state index is -0.301. The molecule has 0 aromatic heterocycles. The lowest BCUT2D eigenvalue weighted by molar-refractivity contribution is -0.119. The summed E-state index contributed by atoms with van der Waals surface area (Å²) in [5, 5.41) is 7.54. The number of terminal acetylenes is 1. The van der Waals surface area contributed by atoms with Crippen LogP contribution in [0, 0.1) is 12.3 Å². The third-order valence-corrected chi connectivity index (χ3v) is 3.47. The lowest BCUT2D eigenvalue weighted by atomic mass is 10.2. The number of methoxy groups -OCH3 is 1. The molecule has 26 heavy (non-hydrogen) atoms. The second-order valence-corrected chi connectivity index (χ2v) is 5.49. The quantitative estimate of drug-likeness (QED) is 0.425. The maximum atomic E-state index is 11.9. The van der Waals surface area contributed by atoms with E-state index in [0.717, 1.165) is 5.69 Å².